The summed E-state index contributed by atoms with van der Waals surface area (Å²) in [6.45, 7) is 0. The van der Waals surface area contributed by atoms with E-state index in [-0.39, 0.29) is 11.6 Å². The van der Waals surface area contributed by atoms with E-state index >= 15 is 0 Å². The summed E-state index contributed by atoms with van der Waals surface area (Å²) < 4.78 is 44.4. The topological polar surface area (TPSA) is 38.3 Å². The molecule has 0 saturated carbocycles. The van der Waals surface area contributed by atoms with Crippen LogP contribution < -0.4 is 10.1 Å². The Kier molecular flexibility index (Phi) is 3.35. The molecule has 1 amide bonds. The molecule has 0 bridgehead atoms. The molecule has 0 radical (unpaired) electrons. The molecule has 2 aromatic rings. The average Bonchev–Trinajstić information content (AvgIpc) is 3.09. The average molecular weight is 368 g/mol. The van der Waals surface area contributed by atoms with Gasteiger partial charge in [-0.15, -0.1) is 0 Å². The van der Waals surface area contributed by atoms with E-state index < -0.39 is 17.2 Å². The zero-order valence-electron chi connectivity index (χ0n) is 13.1. The number of hydrogen-bond acceptors (Lipinski definition) is 2. The number of fused-ring (bicyclic) bond motifs is 4. The predicted molar refractivity (Wildman–Crippen MR) is 87.2 cm³/mol. The van der Waals surface area contributed by atoms with Gasteiger partial charge in [-0.25, -0.2) is 0 Å². The Morgan fingerprint density at radius 3 is 2.68 bits per heavy atom. The molecule has 1 spiro atoms. The summed E-state index contributed by atoms with van der Waals surface area (Å²) in [4.78, 5) is 12.9. The highest BCUT2D eigenvalue weighted by atomic mass is 35.5. The maximum atomic E-state index is 13.0. The number of anilines is 1. The Bertz CT molecular complexity index is 910. The van der Waals surface area contributed by atoms with Gasteiger partial charge < -0.3 is 10.1 Å². The molecule has 0 saturated heterocycles. The molecule has 2 aliphatic rings. The quantitative estimate of drug-likeness (QED) is 0.803. The van der Waals surface area contributed by atoms with E-state index in [1.807, 2.05) is 0 Å². The van der Waals surface area contributed by atoms with Crippen LogP contribution >= 0.6 is 11.6 Å². The van der Waals surface area contributed by atoms with Crippen molar-refractivity contribution in [3.63, 3.8) is 0 Å². The highest BCUT2D eigenvalue weighted by Gasteiger charge is 2.54. The van der Waals surface area contributed by atoms with Crippen LogP contribution in [0.2, 0.25) is 5.02 Å². The molecule has 25 heavy (non-hydrogen) atoms. The van der Waals surface area contributed by atoms with E-state index in [1.165, 1.54) is 13.2 Å². The van der Waals surface area contributed by atoms with Gasteiger partial charge in [0, 0.05) is 16.3 Å². The lowest BCUT2D eigenvalue weighted by atomic mass is 9.76. The molecule has 1 N–H and O–H groups in total. The lowest BCUT2D eigenvalue weighted by Crippen LogP contribution is -2.33. The Labute approximate surface area is 146 Å². The minimum Gasteiger partial charge on any atom is -0.496 e. The van der Waals surface area contributed by atoms with Gasteiger partial charge >= 0.3 is 6.18 Å². The second kappa shape index (κ2) is 5.14. The lowest BCUT2D eigenvalue weighted by Gasteiger charge is -2.25. The minimum absolute atomic E-state index is 0.190. The summed E-state index contributed by atoms with van der Waals surface area (Å²) in [5, 5.41) is 3.15. The van der Waals surface area contributed by atoms with Gasteiger partial charge in [-0.1, -0.05) is 17.7 Å². The van der Waals surface area contributed by atoms with Crippen LogP contribution in [0.5, 0.6) is 5.75 Å². The Morgan fingerprint density at radius 1 is 1.24 bits per heavy atom. The van der Waals surface area contributed by atoms with Crippen LogP contribution in [-0.4, -0.2) is 13.0 Å². The number of halogens is 4. The number of carbonyl (C=O) groups is 1. The zero-order valence-corrected chi connectivity index (χ0v) is 13.9. The second-order valence-corrected chi connectivity index (χ2v) is 6.63. The van der Waals surface area contributed by atoms with Gasteiger partial charge in [-0.05, 0) is 48.2 Å². The van der Waals surface area contributed by atoms with E-state index in [4.69, 9.17) is 16.3 Å². The van der Waals surface area contributed by atoms with Crippen molar-refractivity contribution in [2.75, 3.05) is 12.4 Å². The molecule has 130 valence electrons. The number of amides is 1. The fraction of sp³-hybridized carbons (Fsp3) is 0.278. The van der Waals surface area contributed by atoms with E-state index in [2.05, 4.69) is 5.32 Å². The Hall–Kier alpha value is -2.21. The van der Waals surface area contributed by atoms with Crippen LogP contribution in [-0.2, 0) is 22.8 Å². The monoisotopic (exact) mass is 367 g/mol. The summed E-state index contributed by atoms with van der Waals surface area (Å²) in [7, 11) is 1.50. The van der Waals surface area contributed by atoms with E-state index in [9.17, 15) is 18.0 Å². The lowest BCUT2D eigenvalue weighted by molar-refractivity contribution is -0.137. The molecular weight excluding hydrogens is 355 g/mol. The van der Waals surface area contributed by atoms with Gasteiger partial charge in [0.1, 0.15) is 11.2 Å². The van der Waals surface area contributed by atoms with Crippen LogP contribution in [0, 0.1) is 0 Å². The van der Waals surface area contributed by atoms with Crippen LogP contribution in [0.4, 0.5) is 18.9 Å². The molecule has 1 heterocycles. The zero-order chi connectivity index (χ0) is 18.0. The summed E-state index contributed by atoms with van der Waals surface area (Å²) in [5.74, 6) is 0.168. The second-order valence-electron chi connectivity index (χ2n) is 6.22. The number of carbonyl (C=O) groups excluding carboxylic acids is 1. The van der Waals surface area contributed by atoms with Crippen LogP contribution in [0.15, 0.2) is 30.3 Å². The number of methoxy groups -OCH3 is 1. The van der Waals surface area contributed by atoms with Crippen LogP contribution in [0.1, 0.15) is 28.7 Å². The van der Waals surface area contributed by atoms with Gasteiger partial charge in [0.25, 0.3) is 0 Å². The van der Waals surface area contributed by atoms with Gasteiger partial charge in [-0.2, -0.15) is 13.2 Å². The molecule has 1 atom stereocenters. The minimum atomic E-state index is -4.47. The summed E-state index contributed by atoms with van der Waals surface area (Å²) in [5.41, 5.74) is 0.326. The first kappa shape index (κ1) is 16.3. The van der Waals surface area contributed by atoms with Gasteiger partial charge in [0.05, 0.1) is 12.7 Å². The van der Waals surface area contributed by atoms with Gasteiger partial charge in [0.15, 0.2) is 0 Å². The molecular formula is C18H13ClF3NO2. The third kappa shape index (κ3) is 2.10. The van der Waals surface area contributed by atoms with Gasteiger partial charge in [-0.3, -0.25) is 4.79 Å². The van der Waals surface area contributed by atoms with Crippen molar-refractivity contribution < 1.29 is 22.7 Å². The SMILES string of the molecule is COc1ccc(Cl)c2c1[C@@]1(CC2)C(=O)Nc2cc(C(F)(F)F)ccc21. The Balaban J connectivity index is 1.97. The fourth-order valence-electron chi connectivity index (χ4n) is 3.96. The fourth-order valence-corrected chi connectivity index (χ4v) is 4.22. The van der Waals surface area contributed by atoms with Crippen molar-refractivity contribution in [1.82, 2.24) is 0 Å². The number of hydrogen-bond donors (Lipinski definition) is 1. The largest absolute Gasteiger partial charge is 0.496 e. The maximum absolute atomic E-state index is 13.0. The van der Waals surface area contributed by atoms with E-state index in [1.54, 1.807) is 12.1 Å². The normalized spacial score (nSPS) is 21.2. The third-order valence-corrected chi connectivity index (χ3v) is 5.41. The number of ether oxygens (including phenoxy) is 1. The number of benzene rings is 2. The van der Waals surface area contributed by atoms with Crippen molar-refractivity contribution in [2.45, 2.75) is 24.4 Å². The van der Waals surface area contributed by atoms with Crippen LogP contribution in [0.25, 0.3) is 0 Å². The standard InChI is InChI=1S/C18H13ClF3NO2/c1-25-14-5-4-12(19)10-6-7-17(15(10)14)11-3-2-9(18(20,21)22)8-13(11)23-16(17)24/h2-5,8H,6-7H2,1H3,(H,23,24)/t17-/m0/s1. The first-order valence-corrected chi connectivity index (χ1v) is 8.06. The first-order valence-electron chi connectivity index (χ1n) is 7.68. The van der Waals surface area contributed by atoms with E-state index in [0.29, 0.717) is 34.7 Å². The predicted octanol–water partition coefficient (Wildman–Crippen LogP) is 4.55. The Morgan fingerprint density at radius 2 is 2.00 bits per heavy atom. The van der Waals surface area contributed by atoms with E-state index in [0.717, 1.165) is 17.7 Å². The maximum Gasteiger partial charge on any atom is 0.416 e. The van der Waals surface area contributed by atoms with Gasteiger partial charge in [0.2, 0.25) is 5.91 Å². The van der Waals surface area contributed by atoms with Crippen molar-refractivity contribution in [3.05, 3.63) is 57.6 Å². The summed E-state index contributed by atoms with van der Waals surface area (Å²) >= 11 is 6.28. The van der Waals surface area contributed by atoms with Crippen molar-refractivity contribution >= 4 is 23.2 Å². The van der Waals surface area contributed by atoms with Crippen molar-refractivity contribution in [3.8, 4) is 5.75 Å². The molecule has 1 aliphatic carbocycles. The molecule has 0 unspecified atom stereocenters. The molecule has 0 aromatic heterocycles. The summed E-state index contributed by atoms with van der Waals surface area (Å²) in [6, 6.07) is 6.76. The number of nitrogens with one attached hydrogen (secondary N) is 1. The summed E-state index contributed by atoms with van der Waals surface area (Å²) in [6.07, 6.45) is -3.48. The molecule has 4 rings (SSSR count). The van der Waals surface area contributed by atoms with Crippen molar-refractivity contribution in [1.29, 1.82) is 0 Å². The highest BCUT2D eigenvalue weighted by Crippen LogP contribution is 2.55. The molecule has 7 heteroatoms. The van der Waals surface area contributed by atoms with Crippen molar-refractivity contribution in [2.24, 2.45) is 0 Å². The molecule has 3 nitrogen and oxygen atoms in total. The molecule has 0 fully saturated rings. The highest BCUT2D eigenvalue weighted by molar-refractivity contribution is 6.31. The smallest absolute Gasteiger partial charge is 0.416 e. The first-order chi connectivity index (χ1) is 11.8. The molecule has 2 aromatic carbocycles. The number of alkyl halides is 3. The number of rotatable bonds is 1. The molecule has 1 aliphatic heterocycles. The third-order valence-electron chi connectivity index (χ3n) is 5.06. The van der Waals surface area contributed by atoms with Crippen LogP contribution in [0.3, 0.4) is 0 Å².